The molecule has 3 nitrogen and oxygen atoms in total. The minimum atomic E-state index is -0.125. The highest BCUT2D eigenvalue weighted by Crippen LogP contribution is 2.45. The minimum absolute atomic E-state index is 0.0300. The maximum Gasteiger partial charge on any atom is 0.305 e. The van der Waals surface area contributed by atoms with Gasteiger partial charge in [0.15, 0.2) is 0 Å². The molecule has 2 rings (SSSR count). The van der Waals surface area contributed by atoms with E-state index >= 15 is 0 Å². The van der Waals surface area contributed by atoms with Gasteiger partial charge in [-0.15, -0.1) is 0 Å². The van der Waals surface area contributed by atoms with Crippen LogP contribution in [0.2, 0.25) is 0 Å². The molecule has 0 aliphatic heterocycles. The number of anilines is 1. The summed E-state index contributed by atoms with van der Waals surface area (Å²) < 4.78 is 4.76. The van der Waals surface area contributed by atoms with E-state index in [1.807, 2.05) is 32.0 Å². The van der Waals surface area contributed by atoms with E-state index in [4.69, 9.17) is 10.5 Å². The first-order chi connectivity index (χ1) is 7.06. The fourth-order valence-electron chi connectivity index (χ4n) is 1.18. The topological polar surface area (TPSA) is 52.3 Å². The Labute approximate surface area is 90.2 Å². The van der Waals surface area contributed by atoms with Crippen LogP contribution in [-0.2, 0) is 9.53 Å². The zero-order valence-corrected chi connectivity index (χ0v) is 9.41. The van der Waals surface area contributed by atoms with Gasteiger partial charge >= 0.3 is 5.97 Å². The lowest BCUT2D eigenvalue weighted by Crippen LogP contribution is -2.09. The first kappa shape index (κ1) is 11.6. The Bertz CT molecular complexity index is 338. The van der Waals surface area contributed by atoms with Crippen LogP contribution in [0.25, 0.3) is 11.1 Å². The number of nitrogens with two attached hydrogens (primary N) is 1. The number of rotatable bonds is 2. The molecule has 2 aliphatic carbocycles. The van der Waals surface area contributed by atoms with Gasteiger partial charge in [-0.25, -0.2) is 0 Å². The third-order valence-corrected chi connectivity index (χ3v) is 1.99. The lowest BCUT2D eigenvalue weighted by atomic mass is 10.4. The van der Waals surface area contributed by atoms with Crippen molar-refractivity contribution in [1.29, 1.82) is 0 Å². The summed E-state index contributed by atoms with van der Waals surface area (Å²) in [6.07, 6.45) is 0.500. The Hall–Kier alpha value is -1.51. The number of carbonyl (C=O) groups is 1. The third-order valence-electron chi connectivity index (χ3n) is 1.99. The van der Waals surface area contributed by atoms with Crippen molar-refractivity contribution in [3.63, 3.8) is 0 Å². The summed E-state index contributed by atoms with van der Waals surface area (Å²) in [5.41, 5.74) is 8.92. The Morgan fingerprint density at radius 3 is 2.13 bits per heavy atom. The molecular formula is C12H17NO2. The second kappa shape index (κ2) is 4.82. The summed E-state index contributed by atoms with van der Waals surface area (Å²) in [5.74, 6) is -0.125. The van der Waals surface area contributed by atoms with Crippen molar-refractivity contribution in [3.8, 4) is 11.1 Å². The Morgan fingerprint density at radius 2 is 1.93 bits per heavy atom. The van der Waals surface area contributed by atoms with Gasteiger partial charge in [0.25, 0.3) is 0 Å². The normalized spacial score (nSPS) is 10.4. The van der Waals surface area contributed by atoms with Crippen LogP contribution in [0.15, 0.2) is 18.2 Å². The molecular weight excluding hydrogens is 190 g/mol. The quantitative estimate of drug-likeness (QED) is 0.608. The van der Waals surface area contributed by atoms with Crippen molar-refractivity contribution in [3.05, 3.63) is 18.2 Å². The maximum atomic E-state index is 10.4. The van der Waals surface area contributed by atoms with E-state index in [9.17, 15) is 4.79 Å². The molecule has 0 aromatic carbocycles. The molecule has 2 aliphatic rings. The number of hydrogen-bond acceptors (Lipinski definition) is 3. The van der Waals surface area contributed by atoms with Gasteiger partial charge in [-0.3, -0.25) is 4.79 Å². The number of para-hydroxylation sites is 1. The van der Waals surface area contributed by atoms with E-state index in [1.54, 1.807) is 6.92 Å². The van der Waals surface area contributed by atoms with Crippen molar-refractivity contribution < 1.29 is 9.53 Å². The molecule has 0 spiro atoms. The van der Waals surface area contributed by atoms with Crippen molar-refractivity contribution in [2.24, 2.45) is 0 Å². The molecule has 0 heterocycles. The number of hydrogen-bond donors (Lipinski definition) is 1. The molecule has 3 heteroatoms. The first-order valence-corrected chi connectivity index (χ1v) is 5.14. The van der Waals surface area contributed by atoms with Gasteiger partial charge in [0.05, 0.1) is 6.10 Å². The van der Waals surface area contributed by atoms with E-state index < -0.39 is 0 Å². The van der Waals surface area contributed by atoms with Crippen molar-refractivity contribution in [1.82, 2.24) is 0 Å². The van der Waals surface area contributed by atoms with Gasteiger partial charge in [-0.05, 0) is 13.8 Å². The summed E-state index contributed by atoms with van der Waals surface area (Å²) in [6.45, 7) is 5.46. The molecule has 0 atom stereocenters. The maximum absolute atomic E-state index is 10.4. The van der Waals surface area contributed by atoms with Gasteiger partial charge < -0.3 is 10.5 Å². The lowest BCUT2D eigenvalue weighted by molar-refractivity contribution is -0.146. The van der Waals surface area contributed by atoms with Crippen LogP contribution >= 0.6 is 0 Å². The predicted molar refractivity (Wildman–Crippen MR) is 61.4 cm³/mol. The average molecular weight is 207 g/mol. The number of carbonyl (C=O) groups excluding carboxylic acids is 1. The van der Waals surface area contributed by atoms with Crippen LogP contribution in [0.1, 0.15) is 27.2 Å². The fraction of sp³-hybridized carbons (Fsp3) is 0.417. The van der Waals surface area contributed by atoms with Gasteiger partial charge in [0.2, 0.25) is 0 Å². The highest BCUT2D eigenvalue weighted by molar-refractivity contribution is 6.02. The molecule has 0 saturated carbocycles. The standard InChI is InChI=1S/C6H5N.C6H12O2/c7-6-4-2-1-3-5(4)6;1-4-6(7)8-5(2)3/h1-3H,7H2;5H,4H2,1-3H3. The van der Waals surface area contributed by atoms with E-state index in [0.717, 1.165) is 5.69 Å². The van der Waals surface area contributed by atoms with E-state index in [0.29, 0.717) is 6.42 Å². The molecule has 0 unspecified atom stereocenters. The largest absolute Gasteiger partial charge is 0.463 e. The molecule has 0 aromatic heterocycles. The third kappa shape index (κ3) is 3.27. The van der Waals surface area contributed by atoms with E-state index in [2.05, 4.69) is 0 Å². The molecule has 15 heavy (non-hydrogen) atoms. The Morgan fingerprint density at radius 1 is 1.40 bits per heavy atom. The van der Waals surface area contributed by atoms with Crippen LogP contribution in [-0.4, -0.2) is 12.1 Å². The van der Waals surface area contributed by atoms with Crippen LogP contribution < -0.4 is 5.73 Å². The van der Waals surface area contributed by atoms with Gasteiger partial charge in [-0.1, -0.05) is 25.1 Å². The highest BCUT2D eigenvalue weighted by atomic mass is 16.5. The van der Waals surface area contributed by atoms with Crippen molar-refractivity contribution >= 4 is 11.7 Å². The number of fused-ring (bicyclic) bond motifs is 1. The van der Waals surface area contributed by atoms with Crippen LogP contribution in [0, 0.1) is 0 Å². The van der Waals surface area contributed by atoms with Crippen molar-refractivity contribution in [2.45, 2.75) is 33.3 Å². The van der Waals surface area contributed by atoms with Crippen LogP contribution in [0.4, 0.5) is 5.69 Å². The van der Waals surface area contributed by atoms with Crippen molar-refractivity contribution in [2.75, 3.05) is 5.73 Å². The molecule has 0 fully saturated rings. The zero-order chi connectivity index (χ0) is 11.4. The number of esters is 1. The SMILES string of the molecule is CCC(=O)OC(C)C.Nc1c2cccc1-2. The molecule has 0 bridgehead atoms. The molecule has 0 saturated heterocycles. The fourth-order valence-corrected chi connectivity index (χ4v) is 1.18. The molecule has 0 amide bonds. The second-order valence-electron chi connectivity index (χ2n) is 3.66. The second-order valence-corrected chi connectivity index (χ2v) is 3.66. The predicted octanol–water partition coefficient (Wildman–Crippen LogP) is 2.60. The zero-order valence-electron chi connectivity index (χ0n) is 9.41. The monoisotopic (exact) mass is 207 g/mol. The summed E-state index contributed by atoms with van der Waals surface area (Å²) in [5, 5.41) is 0. The van der Waals surface area contributed by atoms with E-state index in [-0.39, 0.29) is 12.1 Å². The highest BCUT2D eigenvalue weighted by Gasteiger charge is 2.18. The van der Waals surface area contributed by atoms with E-state index in [1.165, 1.54) is 11.1 Å². The molecule has 82 valence electrons. The number of ether oxygens (including phenoxy) is 1. The lowest BCUT2D eigenvalue weighted by Gasteiger charge is -2.04. The summed E-state index contributed by atoms with van der Waals surface area (Å²) in [7, 11) is 0. The van der Waals surface area contributed by atoms with Gasteiger partial charge in [0, 0.05) is 23.2 Å². The molecule has 0 radical (unpaired) electrons. The Kier molecular flexibility index (Phi) is 3.72. The summed E-state index contributed by atoms with van der Waals surface area (Å²) in [6, 6.07) is 6.08. The number of nitrogen functional groups attached to an aromatic ring is 1. The average Bonchev–Trinajstić information content (AvgIpc) is 2.67. The summed E-state index contributed by atoms with van der Waals surface area (Å²) >= 11 is 0. The molecule has 0 aromatic rings. The molecule has 2 N–H and O–H groups in total. The van der Waals surface area contributed by atoms with Crippen LogP contribution in [0.3, 0.4) is 0 Å². The van der Waals surface area contributed by atoms with Gasteiger partial charge in [0.1, 0.15) is 0 Å². The number of benzene rings is 1. The smallest absolute Gasteiger partial charge is 0.305 e. The first-order valence-electron chi connectivity index (χ1n) is 5.14. The minimum Gasteiger partial charge on any atom is -0.463 e. The Balaban J connectivity index is 0.000000150. The van der Waals surface area contributed by atoms with Gasteiger partial charge in [-0.2, -0.15) is 0 Å². The summed E-state index contributed by atoms with van der Waals surface area (Å²) in [4.78, 5) is 10.4. The van der Waals surface area contributed by atoms with Crippen LogP contribution in [0.5, 0.6) is 0 Å².